The molecule has 1 atom stereocenters. The van der Waals surface area contributed by atoms with E-state index in [-0.39, 0.29) is 18.5 Å². The number of nitrogens with zero attached hydrogens (tertiary/aromatic N) is 3. The van der Waals surface area contributed by atoms with Gasteiger partial charge in [-0.3, -0.25) is 19.4 Å². The number of amides is 1. The van der Waals surface area contributed by atoms with E-state index in [4.69, 9.17) is 21.7 Å². The zero-order valence-electron chi connectivity index (χ0n) is 18.9. The number of morpholine rings is 1. The number of carbonyl (C=O) groups is 1. The van der Waals surface area contributed by atoms with Crippen LogP contribution in [-0.2, 0) is 16.1 Å². The molecule has 0 aliphatic carbocycles. The standard InChI is InChI=1S/C24H29N5O3S/c1-17-4-3-5-19(14-17)23-26-27-24(33)29(23)16-22(30)25-15-21(28-10-12-32-13-11-28)18-6-8-20(31-2)9-7-18/h3-9,14,21H,10-13,15-16H2,1-2H3,(H,25,30)(H,27,33). The monoisotopic (exact) mass is 467 g/mol. The van der Waals surface area contributed by atoms with Crippen molar-refractivity contribution >= 4 is 18.1 Å². The maximum Gasteiger partial charge on any atom is 0.240 e. The van der Waals surface area contributed by atoms with Gasteiger partial charge in [0.25, 0.3) is 0 Å². The van der Waals surface area contributed by atoms with Crippen molar-refractivity contribution in [3.63, 3.8) is 0 Å². The van der Waals surface area contributed by atoms with E-state index in [9.17, 15) is 4.79 Å². The van der Waals surface area contributed by atoms with Crippen LogP contribution >= 0.6 is 12.2 Å². The Balaban J connectivity index is 1.48. The van der Waals surface area contributed by atoms with Crippen molar-refractivity contribution in [1.29, 1.82) is 0 Å². The van der Waals surface area contributed by atoms with Gasteiger partial charge in [0, 0.05) is 25.2 Å². The van der Waals surface area contributed by atoms with Crippen molar-refractivity contribution in [3.05, 3.63) is 64.4 Å². The molecule has 1 aliphatic rings. The molecule has 0 bridgehead atoms. The highest BCUT2D eigenvalue weighted by Gasteiger charge is 2.23. The Kier molecular flexibility index (Phi) is 7.54. The van der Waals surface area contributed by atoms with Gasteiger partial charge in [0.05, 0.1) is 26.4 Å². The second-order valence-electron chi connectivity index (χ2n) is 8.05. The van der Waals surface area contributed by atoms with Crippen molar-refractivity contribution in [2.75, 3.05) is 40.0 Å². The maximum atomic E-state index is 12.9. The summed E-state index contributed by atoms with van der Waals surface area (Å²) in [5.41, 5.74) is 3.16. The lowest BCUT2D eigenvalue weighted by Gasteiger charge is -2.35. The number of aryl methyl sites for hydroxylation is 1. The molecule has 1 fully saturated rings. The van der Waals surface area contributed by atoms with Gasteiger partial charge in [0.2, 0.25) is 5.91 Å². The van der Waals surface area contributed by atoms with E-state index < -0.39 is 0 Å². The van der Waals surface area contributed by atoms with E-state index in [1.165, 1.54) is 0 Å². The fourth-order valence-electron chi connectivity index (χ4n) is 4.05. The Morgan fingerprint density at radius 1 is 1.24 bits per heavy atom. The topological polar surface area (TPSA) is 84.4 Å². The zero-order valence-corrected chi connectivity index (χ0v) is 19.7. The van der Waals surface area contributed by atoms with Crippen LogP contribution in [0.1, 0.15) is 17.2 Å². The molecular weight excluding hydrogens is 438 g/mol. The van der Waals surface area contributed by atoms with Gasteiger partial charge in [-0.15, -0.1) is 0 Å². The van der Waals surface area contributed by atoms with Gasteiger partial charge in [-0.05, 0) is 42.9 Å². The number of hydrogen-bond acceptors (Lipinski definition) is 6. The van der Waals surface area contributed by atoms with Gasteiger partial charge in [0.1, 0.15) is 12.3 Å². The fourth-order valence-corrected chi connectivity index (χ4v) is 4.25. The second kappa shape index (κ2) is 10.7. The van der Waals surface area contributed by atoms with Crippen LogP contribution in [0.4, 0.5) is 0 Å². The smallest absolute Gasteiger partial charge is 0.240 e. The first-order valence-electron chi connectivity index (χ1n) is 11.0. The highest BCUT2D eigenvalue weighted by atomic mass is 32.1. The number of ether oxygens (including phenoxy) is 2. The van der Waals surface area contributed by atoms with E-state index >= 15 is 0 Å². The number of nitrogens with one attached hydrogen (secondary N) is 2. The average Bonchev–Trinajstić information content (AvgIpc) is 3.20. The largest absolute Gasteiger partial charge is 0.497 e. The van der Waals surface area contributed by atoms with E-state index in [0.717, 1.165) is 35.5 Å². The predicted molar refractivity (Wildman–Crippen MR) is 129 cm³/mol. The lowest BCUT2D eigenvalue weighted by Crippen LogP contribution is -2.44. The highest BCUT2D eigenvalue weighted by Crippen LogP contribution is 2.24. The van der Waals surface area contributed by atoms with E-state index in [0.29, 0.717) is 30.4 Å². The lowest BCUT2D eigenvalue weighted by molar-refractivity contribution is -0.122. The summed E-state index contributed by atoms with van der Waals surface area (Å²) in [5, 5.41) is 10.3. The molecule has 3 aromatic rings. The molecular formula is C24H29N5O3S. The Morgan fingerprint density at radius 3 is 2.70 bits per heavy atom. The molecule has 33 heavy (non-hydrogen) atoms. The van der Waals surface area contributed by atoms with E-state index in [1.807, 2.05) is 55.5 Å². The molecule has 1 aliphatic heterocycles. The number of rotatable bonds is 8. The fraction of sp³-hybridized carbons (Fsp3) is 0.375. The molecule has 1 aromatic heterocycles. The second-order valence-corrected chi connectivity index (χ2v) is 8.44. The van der Waals surface area contributed by atoms with Gasteiger partial charge < -0.3 is 14.8 Å². The van der Waals surface area contributed by atoms with Gasteiger partial charge in [-0.25, -0.2) is 0 Å². The number of methoxy groups -OCH3 is 1. The van der Waals surface area contributed by atoms with Gasteiger partial charge in [-0.2, -0.15) is 5.10 Å². The van der Waals surface area contributed by atoms with Crippen LogP contribution in [0.3, 0.4) is 0 Å². The molecule has 2 heterocycles. The summed E-state index contributed by atoms with van der Waals surface area (Å²) in [6.07, 6.45) is 0. The van der Waals surface area contributed by atoms with Crippen LogP contribution in [0.15, 0.2) is 48.5 Å². The number of benzene rings is 2. The van der Waals surface area contributed by atoms with Crippen molar-refractivity contribution in [2.45, 2.75) is 19.5 Å². The third-order valence-corrected chi connectivity index (χ3v) is 6.13. The first-order valence-corrected chi connectivity index (χ1v) is 11.4. The summed E-state index contributed by atoms with van der Waals surface area (Å²) >= 11 is 5.39. The summed E-state index contributed by atoms with van der Waals surface area (Å²) in [6, 6.07) is 16.0. The number of aromatic nitrogens is 3. The van der Waals surface area contributed by atoms with Crippen LogP contribution in [0, 0.1) is 11.7 Å². The van der Waals surface area contributed by atoms with E-state index in [1.54, 1.807) is 11.7 Å². The van der Waals surface area contributed by atoms with E-state index in [2.05, 4.69) is 20.4 Å². The third kappa shape index (κ3) is 5.68. The predicted octanol–water partition coefficient (Wildman–Crippen LogP) is 3.11. The summed E-state index contributed by atoms with van der Waals surface area (Å²) < 4.78 is 13.0. The molecule has 1 amide bonds. The highest BCUT2D eigenvalue weighted by molar-refractivity contribution is 7.71. The number of H-pyrrole nitrogens is 1. The molecule has 1 unspecified atom stereocenters. The Labute approximate surface area is 198 Å². The SMILES string of the molecule is COc1ccc(C(CNC(=O)Cn2c(-c3cccc(C)c3)n[nH]c2=S)N2CCOCC2)cc1. The molecule has 9 heteroatoms. The average molecular weight is 468 g/mol. The minimum Gasteiger partial charge on any atom is -0.497 e. The number of aromatic amines is 1. The minimum atomic E-state index is -0.117. The van der Waals surface area contributed by atoms with Gasteiger partial charge in [-0.1, -0.05) is 35.9 Å². The van der Waals surface area contributed by atoms with Gasteiger partial charge in [0.15, 0.2) is 10.6 Å². The molecule has 1 saturated heterocycles. The van der Waals surface area contributed by atoms with Crippen molar-refractivity contribution < 1.29 is 14.3 Å². The normalized spacial score (nSPS) is 15.2. The summed E-state index contributed by atoms with van der Waals surface area (Å²) in [6.45, 7) is 5.60. The Morgan fingerprint density at radius 2 is 2.00 bits per heavy atom. The molecule has 8 nitrogen and oxygen atoms in total. The summed E-state index contributed by atoms with van der Waals surface area (Å²) in [5.74, 6) is 1.34. The third-order valence-electron chi connectivity index (χ3n) is 5.82. The lowest BCUT2D eigenvalue weighted by atomic mass is 10.0. The van der Waals surface area contributed by atoms with Crippen LogP contribution < -0.4 is 10.1 Å². The summed E-state index contributed by atoms with van der Waals surface area (Å²) in [4.78, 5) is 15.3. The van der Waals surface area contributed by atoms with Crippen molar-refractivity contribution in [1.82, 2.24) is 25.0 Å². The molecule has 174 valence electrons. The molecule has 0 spiro atoms. The maximum absolute atomic E-state index is 12.9. The zero-order chi connectivity index (χ0) is 23.2. The Bertz CT molecular complexity index is 1140. The molecule has 4 rings (SSSR count). The van der Waals surface area contributed by atoms with Crippen LogP contribution in [-0.4, -0.2) is 65.5 Å². The van der Waals surface area contributed by atoms with Gasteiger partial charge >= 0.3 is 0 Å². The molecule has 2 N–H and O–H groups in total. The van der Waals surface area contributed by atoms with Crippen LogP contribution in [0.5, 0.6) is 5.75 Å². The van der Waals surface area contributed by atoms with Crippen molar-refractivity contribution in [2.24, 2.45) is 0 Å². The van der Waals surface area contributed by atoms with Crippen LogP contribution in [0.2, 0.25) is 0 Å². The van der Waals surface area contributed by atoms with Crippen molar-refractivity contribution in [3.8, 4) is 17.1 Å². The van der Waals surface area contributed by atoms with Crippen LogP contribution in [0.25, 0.3) is 11.4 Å². The number of carbonyl (C=O) groups excluding carboxylic acids is 1. The minimum absolute atomic E-state index is 0.0392. The molecule has 0 radical (unpaired) electrons. The quantitative estimate of drug-likeness (QED) is 0.495. The number of hydrogen-bond donors (Lipinski definition) is 2. The molecule has 2 aromatic carbocycles. The molecule has 0 saturated carbocycles. The first-order chi connectivity index (χ1) is 16.0. The Hall–Kier alpha value is -3.01. The first kappa shape index (κ1) is 23.2. The summed E-state index contributed by atoms with van der Waals surface area (Å²) in [7, 11) is 1.65.